The molecule has 0 saturated heterocycles. The lowest BCUT2D eigenvalue weighted by atomic mass is 9.98. The number of carbonyl (C=O) groups is 1. The minimum Gasteiger partial charge on any atom is -0.479 e. The van der Waals surface area contributed by atoms with Gasteiger partial charge in [0.1, 0.15) is 0 Å². The van der Waals surface area contributed by atoms with Crippen molar-refractivity contribution in [3.8, 4) is 0 Å². The van der Waals surface area contributed by atoms with E-state index >= 15 is 0 Å². The van der Waals surface area contributed by atoms with Crippen LogP contribution in [0.15, 0.2) is 5.16 Å². The summed E-state index contributed by atoms with van der Waals surface area (Å²) in [6, 6.07) is 0. The average Bonchev–Trinajstić information content (AvgIpc) is 1.99. The maximum atomic E-state index is 11.2. The van der Waals surface area contributed by atoms with Crippen molar-refractivity contribution in [3.05, 3.63) is 0 Å². The zero-order valence-corrected chi connectivity index (χ0v) is 8.88. The van der Waals surface area contributed by atoms with Crippen LogP contribution in [0.5, 0.6) is 0 Å². The standard InChI is InChI=1S/C9H17NO3/c1-6-12-7(2)10-13-8(11)9(3,4)5/h6H2,1-5H3/b10-7-. The second-order valence-electron chi connectivity index (χ2n) is 3.67. The van der Waals surface area contributed by atoms with E-state index in [-0.39, 0.29) is 5.97 Å². The van der Waals surface area contributed by atoms with Gasteiger partial charge in [-0.15, -0.1) is 0 Å². The van der Waals surface area contributed by atoms with Gasteiger partial charge in [-0.05, 0) is 32.9 Å². The van der Waals surface area contributed by atoms with Crippen molar-refractivity contribution in [1.82, 2.24) is 0 Å². The molecule has 0 spiro atoms. The second kappa shape index (κ2) is 4.84. The molecule has 0 heterocycles. The van der Waals surface area contributed by atoms with E-state index in [1.807, 2.05) is 6.92 Å². The van der Waals surface area contributed by atoms with Gasteiger partial charge in [-0.1, -0.05) is 0 Å². The Morgan fingerprint density at radius 3 is 2.31 bits per heavy atom. The highest BCUT2D eigenvalue weighted by atomic mass is 16.7. The number of carbonyl (C=O) groups excluding carboxylic acids is 1. The zero-order valence-electron chi connectivity index (χ0n) is 8.88. The minimum absolute atomic E-state index is 0.361. The summed E-state index contributed by atoms with van der Waals surface area (Å²) < 4.78 is 4.98. The van der Waals surface area contributed by atoms with E-state index < -0.39 is 5.41 Å². The highest BCUT2D eigenvalue weighted by Gasteiger charge is 2.23. The van der Waals surface area contributed by atoms with E-state index in [2.05, 4.69) is 9.99 Å². The molecule has 0 rings (SSSR count). The van der Waals surface area contributed by atoms with E-state index in [1.165, 1.54) is 0 Å². The van der Waals surface area contributed by atoms with Crippen LogP contribution >= 0.6 is 0 Å². The molecule has 0 unspecified atom stereocenters. The number of hydrogen-bond donors (Lipinski definition) is 0. The van der Waals surface area contributed by atoms with Crippen LogP contribution in [-0.4, -0.2) is 18.5 Å². The van der Waals surface area contributed by atoms with Gasteiger partial charge in [0.25, 0.3) is 0 Å². The van der Waals surface area contributed by atoms with Gasteiger partial charge < -0.3 is 9.57 Å². The summed E-state index contributed by atoms with van der Waals surface area (Å²) >= 11 is 0. The predicted octanol–water partition coefficient (Wildman–Crippen LogP) is 1.95. The first-order valence-corrected chi connectivity index (χ1v) is 4.26. The number of nitrogens with zero attached hydrogens (tertiary/aromatic N) is 1. The number of hydrogen-bond acceptors (Lipinski definition) is 4. The van der Waals surface area contributed by atoms with E-state index in [0.29, 0.717) is 12.5 Å². The van der Waals surface area contributed by atoms with Crippen LogP contribution in [0.25, 0.3) is 0 Å². The Morgan fingerprint density at radius 2 is 1.92 bits per heavy atom. The number of oxime groups is 1. The Kier molecular flexibility index (Phi) is 4.45. The summed E-state index contributed by atoms with van der Waals surface area (Å²) in [5.74, 6) is -0.00773. The molecular formula is C9H17NO3. The summed E-state index contributed by atoms with van der Waals surface area (Å²) in [4.78, 5) is 15.8. The maximum absolute atomic E-state index is 11.2. The largest absolute Gasteiger partial charge is 0.479 e. The fraction of sp³-hybridized carbons (Fsp3) is 0.778. The number of ether oxygens (including phenoxy) is 1. The molecule has 0 aromatic heterocycles. The Bertz CT molecular complexity index is 203. The van der Waals surface area contributed by atoms with Crippen molar-refractivity contribution in [1.29, 1.82) is 0 Å². The van der Waals surface area contributed by atoms with Gasteiger partial charge in [0, 0.05) is 6.92 Å². The summed E-state index contributed by atoms with van der Waals surface area (Å²) in [5, 5.41) is 3.53. The topological polar surface area (TPSA) is 47.9 Å². The molecule has 0 amide bonds. The second-order valence-corrected chi connectivity index (χ2v) is 3.67. The summed E-state index contributed by atoms with van der Waals surface area (Å²) in [6.45, 7) is 9.29. The number of rotatable bonds is 2. The van der Waals surface area contributed by atoms with Crippen molar-refractivity contribution in [2.24, 2.45) is 10.6 Å². The SMILES string of the molecule is CCO/C(C)=N\OC(=O)C(C)(C)C. The molecule has 0 radical (unpaired) electrons. The van der Waals surface area contributed by atoms with Crippen LogP contribution in [0.1, 0.15) is 34.6 Å². The molecule has 4 heteroatoms. The fourth-order valence-corrected chi connectivity index (χ4v) is 0.478. The Labute approximate surface area is 78.9 Å². The normalized spacial score (nSPS) is 12.5. The first-order valence-electron chi connectivity index (χ1n) is 4.26. The van der Waals surface area contributed by atoms with Gasteiger partial charge in [-0.25, -0.2) is 4.79 Å². The summed E-state index contributed by atoms with van der Waals surface area (Å²) in [6.07, 6.45) is 0. The molecule has 0 saturated carbocycles. The van der Waals surface area contributed by atoms with E-state index in [9.17, 15) is 4.79 Å². The molecule has 0 aliphatic carbocycles. The Morgan fingerprint density at radius 1 is 1.38 bits per heavy atom. The third kappa shape index (κ3) is 5.22. The molecule has 0 aliphatic rings. The van der Waals surface area contributed by atoms with Crippen molar-refractivity contribution in [3.63, 3.8) is 0 Å². The van der Waals surface area contributed by atoms with Gasteiger partial charge in [-0.3, -0.25) is 0 Å². The molecule has 0 aliphatic heterocycles. The highest BCUT2D eigenvalue weighted by molar-refractivity contribution is 5.77. The lowest BCUT2D eigenvalue weighted by Gasteiger charge is -2.12. The molecule has 76 valence electrons. The van der Waals surface area contributed by atoms with Crippen LogP contribution < -0.4 is 0 Å². The van der Waals surface area contributed by atoms with Crippen LogP contribution in [-0.2, 0) is 14.4 Å². The van der Waals surface area contributed by atoms with E-state index in [0.717, 1.165) is 0 Å². The predicted molar refractivity (Wildman–Crippen MR) is 50.3 cm³/mol. The molecule has 0 N–H and O–H groups in total. The van der Waals surface area contributed by atoms with Gasteiger partial charge in [0.15, 0.2) is 0 Å². The van der Waals surface area contributed by atoms with E-state index in [4.69, 9.17) is 4.74 Å². The van der Waals surface area contributed by atoms with Gasteiger partial charge >= 0.3 is 5.97 Å². The lowest BCUT2D eigenvalue weighted by molar-refractivity contribution is -0.153. The van der Waals surface area contributed by atoms with Crippen LogP contribution in [0, 0.1) is 5.41 Å². The third-order valence-corrected chi connectivity index (χ3v) is 1.22. The van der Waals surface area contributed by atoms with Crippen molar-refractivity contribution >= 4 is 11.9 Å². The molecule has 0 bridgehead atoms. The fourth-order valence-electron chi connectivity index (χ4n) is 0.478. The molecular weight excluding hydrogens is 170 g/mol. The van der Waals surface area contributed by atoms with Crippen molar-refractivity contribution in [2.75, 3.05) is 6.61 Å². The maximum Gasteiger partial charge on any atom is 0.340 e. The van der Waals surface area contributed by atoms with Gasteiger partial charge in [0.2, 0.25) is 5.90 Å². The van der Waals surface area contributed by atoms with Crippen LogP contribution in [0.2, 0.25) is 0 Å². The molecule has 0 aromatic carbocycles. The molecule has 0 fully saturated rings. The average molecular weight is 187 g/mol. The first-order chi connectivity index (χ1) is 5.88. The van der Waals surface area contributed by atoms with E-state index in [1.54, 1.807) is 27.7 Å². The third-order valence-electron chi connectivity index (χ3n) is 1.22. The Hall–Kier alpha value is -1.06. The molecule has 4 nitrogen and oxygen atoms in total. The molecule has 0 atom stereocenters. The monoisotopic (exact) mass is 187 g/mol. The highest BCUT2D eigenvalue weighted by Crippen LogP contribution is 2.15. The summed E-state index contributed by atoms with van der Waals surface area (Å²) in [5.41, 5.74) is -0.532. The Balaban J connectivity index is 4.02. The van der Waals surface area contributed by atoms with Gasteiger partial charge in [0.05, 0.1) is 12.0 Å². The minimum atomic E-state index is -0.532. The molecule has 13 heavy (non-hydrogen) atoms. The smallest absolute Gasteiger partial charge is 0.340 e. The quantitative estimate of drug-likeness (QED) is 0.287. The summed E-state index contributed by atoms with van der Waals surface area (Å²) in [7, 11) is 0. The molecule has 0 aromatic rings. The van der Waals surface area contributed by atoms with Gasteiger partial charge in [-0.2, -0.15) is 0 Å². The van der Waals surface area contributed by atoms with Crippen molar-refractivity contribution < 1.29 is 14.4 Å². The zero-order chi connectivity index (χ0) is 10.5. The van der Waals surface area contributed by atoms with Crippen LogP contribution in [0.4, 0.5) is 0 Å². The first kappa shape index (κ1) is 11.9. The van der Waals surface area contributed by atoms with Crippen LogP contribution in [0.3, 0.4) is 0 Å². The van der Waals surface area contributed by atoms with Crippen molar-refractivity contribution in [2.45, 2.75) is 34.6 Å². The lowest BCUT2D eigenvalue weighted by Crippen LogP contribution is -2.21.